The van der Waals surface area contributed by atoms with E-state index in [2.05, 4.69) is 29.2 Å². The molecule has 0 saturated carbocycles. The number of nitrogens with zero attached hydrogens (tertiary/aromatic N) is 4. The molecule has 0 saturated heterocycles. The monoisotopic (exact) mass is 361 g/mol. The number of pyridine rings is 1. The lowest BCUT2D eigenvalue weighted by Crippen LogP contribution is -2.33. The van der Waals surface area contributed by atoms with E-state index in [-0.39, 0.29) is 36.8 Å². The topological polar surface area (TPSA) is 63.1 Å². The average Bonchev–Trinajstić information content (AvgIpc) is 2.86. The molecule has 1 amide bonds. The van der Waals surface area contributed by atoms with Gasteiger partial charge in [-0.1, -0.05) is 0 Å². The fraction of sp³-hybridized carbons (Fsp3) is 0.533. The molecule has 8 heteroatoms. The molecular weight excluding hydrogens is 337 g/mol. The van der Waals surface area contributed by atoms with E-state index in [4.69, 9.17) is 0 Å². The van der Waals surface area contributed by atoms with Gasteiger partial charge in [0.15, 0.2) is 5.65 Å². The lowest BCUT2D eigenvalue weighted by Gasteiger charge is -2.17. The molecule has 0 unspecified atom stereocenters. The third-order valence-corrected chi connectivity index (χ3v) is 3.46. The van der Waals surface area contributed by atoms with Crippen molar-refractivity contribution in [2.75, 3.05) is 27.2 Å². The number of rotatable bonds is 5. The van der Waals surface area contributed by atoms with Crippen LogP contribution in [0.25, 0.3) is 11.0 Å². The number of carbonyl (C=O) groups excluding carboxylic acids is 1. The molecule has 0 atom stereocenters. The Morgan fingerprint density at radius 3 is 2.61 bits per heavy atom. The molecule has 2 aromatic rings. The largest absolute Gasteiger partial charge is 0.340 e. The van der Waals surface area contributed by atoms with Gasteiger partial charge in [0.2, 0.25) is 0 Å². The van der Waals surface area contributed by atoms with Gasteiger partial charge in [0.25, 0.3) is 5.91 Å². The number of fused-ring (bicyclic) bond motifs is 1. The van der Waals surface area contributed by atoms with Crippen molar-refractivity contribution in [1.82, 2.24) is 25.0 Å². The molecule has 6 nitrogen and oxygen atoms in total. The molecule has 130 valence electrons. The number of aryl methyl sites for hydroxylation is 1. The summed E-state index contributed by atoms with van der Waals surface area (Å²) >= 11 is 0. The molecule has 1 N–H and O–H groups in total. The zero-order chi connectivity index (χ0) is 15.6. The summed E-state index contributed by atoms with van der Waals surface area (Å²) in [4.78, 5) is 18.9. The molecule has 0 aromatic carbocycles. The van der Waals surface area contributed by atoms with Crippen molar-refractivity contribution in [3.05, 3.63) is 23.5 Å². The normalized spacial score (nSPS) is 10.3. The Morgan fingerprint density at radius 2 is 2.04 bits per heavy atom. The van der Waals surface area contributed by atoms with Crippen LogP contribution in [0.2, 0.25) is 0 Å². The number of nitrogens with one attached hydrogen (secondary N) is 1. The van der Waals surface area contributed by atoms with E-state index in [1.165, 1.54) is 0 Å². The summed E-state index contributed by atoms with van der Waals surface area (Å²) in [5.41, 5.74) is 2.27. The zero-order valence-electron chi connectivity index (χ0n) is 14.2. The highest BCUT2D eigenvalue weighted by Gasteiger charge is 2.19. The van der Waals surface area contributed by atoms with Gasteiger partial charge in [0, 0.05) is 31.9 Å². The standard InChI is InChI=1S/C15H23N5O.2ClH/c1-10(2)20-14-13(9-17-20)12(8-11(3)18-14)15(21)19(5)7-6-16-4;;/h8-10,16H,6-7H2,1-5H3;2*1H. The van der Waals surface area contributed by atoms with E-state index in [1.54, 1.807) is 11.1 Å². The van der Waals surface area contributed by atoms with Crippen LogP contribution < -0.4 is 5.32 Å². The Morgan fingerprint density at radius 1 is 1.39 bits per heavy atom. The van der Waals surface area contributed by atoms with Gasteiger partial charge in [-0.25, -0.2) is 9.67 Å². The second kappa shape index (κ2) is 9.05. The Kier molecular flexibility index (Phi) is 8.52. The van der Waals surface area contributed by atoms with Gasteiger partial charge in [-0.3, -0.25) is 4.79 Å². The number of hydrogen-bond acceptors (Lipinski definition) is 4. The first-order chi connectivity index (χ1) is 9.95. The van der Waals surface area contributed by atoms with Crippen LogP contribution in [0.5, 0.6) is 0 Å². The Labute approximate surface area is 149 Å². The predicted molar refractivity (Wildman–Crippen MR) is 98.0 cm³/mol. The van der Waals surface area contributed by atoms with Crippen LogP contribution in [0.3, 0.4) is 0 Å². The first-order valence-corrected chi connectivity index (χ1v) is 7.20. The molecular formula is C15H25Cl2N5O. The molecule has 23 heavy (non-hydrogen) atoms. The van der Waals surface area contributed by atoms with Crippen LogP contribution in [0.15, 0.2) is 12.3 Å². The van der Waals surface area contributed by atoms with E-state index in [1.807, 2.05) is 31.8 Å². The minimum Gasteiger partial charge on any atom is -0.340 e. The summed E-state index contributed by atoms with van der Waals surface area (Å²) in [7, 11) is 3.69. The van der Waals surface area contributed by atoms with E-state index in [9.17, 15) is 4.79 Å². The summed E-state index contributed by atoms with van der Waals surface area (Å²) in [6, 6.07) is 2.05. The maximum atomic E-state index is 12.6. The smallest absolute Gasteiger partial charge is 0.254 e. The van der Waals surface area contributed by atoms with E-state index in [0.29, 0.717) is 12.1 Å². The van der Waals surface area contributed by atoms with Crippen LogP contribution in [0.4, 0.5) is 0 Å². The van der Waals surface area contributed by atoms with Crippen LogP contribution in [-0.4, -0.2) is 52.8 Å². The Bertz CT molecular complexity index is 657. The molecule has 2 aromatic heterocycles. The van der Waals surface area contributed by atoms with Crippen LogP contribution in [-0.2, 0) is 0 Å². The second-order valence-corrected chi connectivity index (χ2v) is 5.56. The molecule has 2 rings (SSSR count). The lowest BCUT2D eigenvalue weighted by atomic mass is 10.1. The van der Waals surface area contributed by atoms with Crippen LogP contribution >= 0.6 is 24.8 Å². The van der Waals surface area contributed by atoms with Gasteiger partial charge in [0.1, 0.15) is 0 Å². The number of aromatic nitrogens is 3. The average molecular weight is 362 g/mol. The van der Waals surface area contributed by atoms with E-state index in [0.717, 1.165) is 23.3 Å². The van der Waals surface area contributed by atoms with Crippen molar-refractivity contribution in [2.45, 2.75) is 26.8 Å². The minimum atomic E-state index is 0. The van der Waals surface area contributed by atoms with Gasteiger partial charge in [-0.15, -0.1) is 24.8 Å². The van der Waals surface area contributed by atoms with Crippen molar-refractivity contribution in [1.29, 1.82) is 0 Å². The predicted octanol–water partition coefficient (Wildman–Crippen LogP) is 2.46. The van der Waals surface area contributed by atoms with Crippen molar-refractivity contribution in [3.8, 4) is 0 Å². The number of halogens is 2. The molecule has 0 aliphatic rings. The lowest BCUT2D eigenvalue weighted by molar-refractivity contribution is 0.0798. The van der Waals surface area contributed by atoms with Gasteiger partial charge in [-0.2, -0.15) is 5.10 Å². The fourth-order valence-electron chi connectivity index (χ4n) is 2.28. The summed E-state index contributed by atoms with van der Waals surface area (Å²) < 4.78 is 1.85. The SMILES string of the molecule is CNCCN(C)C(=O)c1cc(C)nc2c1cnn2C(C)C.Cl.Cl. The summed E-state index contributed by atoms with van der Waals surface area (Å²) in [6.45, 7) is 7.44. The second-order valence-electron chi connectivity index (χ2n) is 5.56. The molecule has 0 bridgehead atoms. The molecule has 0 aliphatic heterocycles. The molecule has 0 aliphatic carbocycles. The number of carbonyl (C=O) groups is 1. The van der Waals surface area contributed by atoms with Crippen molar-refractivity contribution < 1.29 is 4.79 Å². The summed E-state index contributed by atoms with van der Waals surface area (Å²) in [5, 5.41) is 8.24. The summed E-state index contributed by atoms with van der Waals surface area (Å²) in [5.74, 6) is 0.00376. The Hall–Kier alpha value is -1.37. The van der Waals surface area contributed by atoms with Crippen LogP contribution in [0, 0.1) is 6.92 Å². The van der Waals surface area contributed by atoms with E-state index < -0.39 is 0 Å². The van der Waals surface area contributed by atoms with Gasteiger partial charge < -0.3 is 10.2 Å². The van der Waals surface area contributed by atoms with Gasteiger partial charge >= 0.3 is 0 Å². The fourth-order valence-corrected chi connectivity index (χ4v) is 2.28. The van der Waals surface area contributed by atoms with Crippen LogP contribution in [0.1, 0.15) is 35.9 Å². The third-order valence-electron chi connectivity index (χ3n) is 3.46. The first-order valence-electron chi connectivity index (χ1n) is 7.20. The van der Waals surface area contributed by atoms with E-state index >= 15 is 0 Å². The van der Waals surface area contributed by atoms with Crippen molar-refractivity contribution >= 4 is 41.8 Å². The highest BCUT2D eigenvalue weighted by Crippen LogP contribution is 2.21. The molecule has 0 radical (unpaired) electrons. The summed E-state index contributed by atoms with van der Waals surface area (Å²) in [6.07, 6.45) is 1.74. The number of likely N-dealkylation sites (N-methyl/N-ethyl adjacent to an activating group) is 2. The van der Waals surface area contributed by atoms with Gasteiger partial charge in [-0.05, 0) is 33.9 Å². The zero-order valence-corrected chi connectivity index (χ0v) is 15.8. The number of hydrogen-bond donors (Lipinski definition) is 1. The maximum Gasteiger partial charge on any atom is 0.254 e. The van der Waals surface area contributed by atoms with Gasteiger partial charge in [0.05, 0.1) is 17.1 Å². The van der Waals surface area contributed by atoms with Crippen molar-refractivity contribution in [3.63, 3.8) is 0 Å². The highest BCUT2D eigenvalue weighted by molar-refractivity contribution is 6.05. The maximum absolute atomic E-state index is 12.6. The minimum absolute atomic E-state index is 0. The highest BCUT2D eigenvalue weighted by atomic mass is 35.5. The number of amides is 1. The molecule has 0 fully saturated rings. The quantitative estimate of drug-likeness (QED) is 0.888. The first kappa shape index (κ1) is 21.6. The Balaban J connectivity index is 0.00000242. The molecule has 0 spiro atoms. The third kappa shape index (κ3) is 4.56. The van der Waals surface area contributed by atoms with Crippen molar-refractivity contribution in [2.24, 2.45) is 0 Å². The molecule has 2 heterocycles.